The van der Waals surface area contributed by atoms with Crippen LogP contribution in [0.15, 0.2) is 22.7 Å². The number of rotatable bonds is 3. The van der Waals surface area contributed by atoms with Gasteiger partial charge in [-0.1, -0.05) is 15.9 Å². The molecule has 1 heterocycles. The second-order valence-corrected chi connectivity index (χ2v) is 5.68. The van der Waals surface area contributed by atoms with Gasteiger partial charge in [-0.15, -0.1) is 13.2 Å². The van der Waals surface area contributed by atoms with Crippen LogP contribution in [0.1, 0.15) is 12.5 Å². The first-order chi connectivity index (χ1) is 9.32. The van der Waals surface area contributed by atoms with E-state index in [1.165, 1.54) is 12.1 Å². The molecule has 7 heteroatoms. The molecule has 2 rings (SSSR count). The predicted molar refractivity (Wildman–Crippen MR) is 71.5 cm³/mol. The minimum atomic E-state index is -4.68. The Morgan fingerprint density at radius 1 is 1.40 bits per heavy atom. The molecule has 0 aliphatic carbocycles. The lowest BCUT2D eigenvalue weighted by molar-refractivity contribution is -0.274. The van der Waals surface area contributed by atoms with Crippen LogP contribution in [-0.2, 0) is 11.3 Å². The second-order valence-electron chi connectivity index (χ2n) is 4.76. The molecule has 1 saturated heterocycles. The van der Waals surface area contributed by atoms with Crippen molar-refractivity contribution in [1.82, 2.24) is 4.90 Å². The third-order valence-corrected chi connectivity index (χ3v) is 3.35. The Morgan fingerprint density at radius 3 is 2.80 bits per heavy atom. The van der Waals surface area contributed by atoms with Gasteiger partial charge in [0.15, 0.2) is 0 Å². The van der Waals surface area contributed by atoms with Crippen LogP contribution in [0.3, 0.4) is 0 Å². The monoisotopic (exact) mass is 353 g/mol. The molecule has 20 heavy (non-hydrogen) atoms. The minimum Gasteiger partial charge on any atom is -0.406 e. The van der Waals surface area contributed by atoms with E-state index in [1.54, 1.807) is 6.07 Å². The van der Waals surface area contributed by atoms with Gasteiger partial charge in [0.25, 0.3) is 0 Å². The van der Waals surface area contributed by atoms with Crippen molar-refractivity contribution in [2.45, 2.75) is 25.9 Å². The number of ether oxygens (including phenoxy) is 2. The quantitative estimate of drug-likeness (QED) is 0.829. The Morgan fingerprint density at radius 2 is 2.15 bits per heavy atom. The van der Waals surface area contributed by atoms with Crippen molar-refractivity contribution >= 4 is 15.9 Å². The summed E-state index contributed by atoms with van der Waals surface area (Å²) in [6, 6.07) is 4.51. The van der Waals surface area contributed by atoms with Crippen molar-refractivity contribution in [3.05, 3.63) is 28.2 Å². The van der Waals surface area contributed by atoms with E-state index < -0.39 is 6.36 Å². The summed E-state index contributed by atoms with van der Waals surface area (Å²) in [4.78, 5) is 2.15. The lowest BCUT2D eigenvalue weighted by Gasteiger charge is -2.31. The standard InChI is InChI=1S/C13H15BrF3NO2/c1-9-7-18(2-3-19-9)8-10-4-11(14)6-12(5-10)20-13(15,16)17/h4-6,9H,2-3,7-8H2,1H3/t9-/m1/s1. The highest BCUT2D eigenvalue weighted by Crippen LogP contribution is 2.28. The van der Waals surface area contributed by atoms with Crippen LogP contribution in [0.25, 0.3) is 0 Å². The molecule has 1 fully saturated rings. The molecule has 0 saturated carbocycles. The smallest absolute Gasteiger partial charge is 0.406 e. The highest BCUT2D eigenvalue weighted by Gasteiger charge is 2.31. The maximum absolute atomic E-state index is 12.3. The Bertz CT molecular complexity index is 467. The first-order valence-electron chi connectivity index (χ1n) is 6.21. The highest BCUT2D eigenvalue weighted by atomic mass is 79.9. The van der Waals surface area contributed by atoms with Crippen molar-refractivity contribution in [3.8, 4) is 5.75 Å². The van der Waals surface area contributed by atoms with Crippen molar-refractivity contribution in [2.75, 3.05) is 19.7 Å². The fourth-order valence-corrected chi connectivity index (χ4v) is 2.72. The third-order valence-electron chi connectivity index (χ3n) is 2.90. The summed E-state index contributed by atoms with van der Waals surface area (Å²) in [6.07, 6.45) is -4.53. The normalized spacial score (nSPS) is 20.9. The van der Waals surface area contributed by atoms with Crippen LogP contribution in [0.2, 0.25) is 0 Å². The SMILES string of the molecule is C[C@@H]1CN(Cc2cc(Br)cc(OC(F)(F)F)c2)CCO1. The van der Waals surface area contributed by atoms with E-state index in [1.807, 2.05) is 6.92 Å². The van der Waals surface area contributed by atoms with Gasteiger partial charge in [-0.05, 0) is 30.7 Å². The fraction of sp³-hybridized carbons (Fsp3) is 0.538. The van der Waals surface area contributed by atoms with E-state index in [0.29, 0.717) is 17.6 Å². The maximum Gasteiger partial charge on any atom is 0.573 e. The molecule has 112 valence electrons. The molecule has 1 atom stereocenters. The van der Waals surface area contributed by atoms with E-state index in [0.717, 1.165) is 18.7 Å². The molecule has 0 radical (unpaired) electrons. The molecule has 1 aliphatic heterocycles. The van der Waals surface area contributed by atoms with E-state index >= 15 is 0 Å². The van der Waals surface area contributed by atoms with Gasteiger partial charge in [0.1, 0.15) is 5.75 Å². The molecule has 0 bridgehead atoms. The lowest BCUT2D eigenvalue weighted by Crippen LogP contribution is -2.40. The van der Waals surface area contributed by atoms with Gasteiger partial charge in [-0.2, -0.15) is 0 Å². The van der Waals surface area contributed by atoms with Crippen molar-refractivity contribution in [3.63, 3.8) is 0 Å². The van der Waals surface area contributed by atoms with Crippen LogP contribution in [0.4, 0.5) is 13.2 Å². The van der Waals surface area contributed by atoms with Gasteiger partial charge in [0.2, 0.25) is 0 Å². The molecule has 0 amide bonds. The van der Waals surface area contributed by atoms with Gasteiger partial charge in [-0.25, -0.2) is 0 Å². The maximum atomic E-state index is 12.3. The van der Waals surface area contributed by atoms with Crippen LogP contribution in [-0.4, -0.2) is 37.1 Å². The van der Waals surface area contributed by atoms with E-state index in [2.05, 4.69) is 25.6 Å². The minimum absolute atomic E-state index is 0.141. The Kier molecular flexibility index (Phi) is 4.93. The molecular formula is C13H15BrF3NO2. The second kappa shape index (κ2) is 6.32. The van der Waals surface area contributed by atoms with Gasteiger partial charge in [0, 0.05) is 24.1 Å². The summed E-state index contributed by atoms with van der Waals surface area (Å²) >= 11 is 3.21. The van der Waals surface area contributed by atoms with E-state index in [4.69, 9.17) is 4.74 Å². The Labute approximate surface area is 123 Å². The first-order valence-corrected chi connectivity index (χ1v) is 7.00. The summed E-state index contributed by atoms with van der Waals surface area (Å²) in [5.41, 5.74) is 0.771. The van der Waals surface area contributed by atoms with Crippen LogP contribution < -0.4 is 4.74 Å². The number of nitrogens with zero attached hydrogens (tertiary/aromatic N) is 1. The summed E-state index contributed by atoms with van der Waals surface area (Å²) in [7, 11) is 0. The summed E-state index contributed by atoms with van der Waals surface area (Å²) in [6.45, 7) is 4.72. The van der Waals surface area contributed by atoms with Gasteiger partial charge >= 0.3 is 6.36 Å². The van der Waals surface area contributed by atoms with Gasteiger partial charge < -0.3 is 9.47 Å². The zero-order valence-electron chi connectivity index (χ0n) is 10.9. The lowest BCUT2D eigenvalue weighted by atomic mass is 10.2. The number of hydrogen-bond donors (Lipinski definition) is 0. The number of halogens is 4. The molecule has 0 unspecified atom stereocenters. The number of benzene rings is 1. The molecule has 0 spiro atoms. The van der Waals surface area contributed by atoms with Crippen molar-refractivity contribution in [1.29, 1.82) is 0 Å². The molecule has 0 N–H and O–H groups in total. The summed E-state index contributed by atoms with van der Waals surface area (Å²) in [5.74, 6) is -0.205. The summed E-state index contributed by atoms with van der Waals surface area (Å²) in [5, 5.41) is 0. The molecule has 1 aromatic carbocycles. The number of hydrogen-bond acceptors (Lipinski definition) is 3. The zero-order chi connectivity index (χ0) is 14.8. The van der Waals surface area contributed by atoms with Crippen molar-refractivity contribution < 1.29 is 22.6 Å². The van der Waals surface area contributed by atoms with E-state index in [9.17, 15) is 13.2 Å². The topological polar surface area (TPSA) is 21.7 Å². The van der Waals surface area contributed by atoms with Gasteiger partial charge in [-0.3, -0.25) is 4.90 Å². The number of morpholine rings is 1. The Balaban J connectivity index is 2.07. The molecule has 1 aromatic rings. The van der Waals surface area contributed by atoms with Crippen LogP contribution >= 0.6 is 15.9 Å². The highest BCUT2D eigenvalue weighted by molar-refractivity contribution is 9.10. The average Bonchev–Trinajstić information content (AvgIpc) is 2.25. The van der Waals surface area contributed by atoms with Crippen molar-refractivity contribution in [2.24, 2.45) is 0 Å². The van der Waals surface area contributed by atoms with E-state index in [-0.39, 0.29) is 11.9 Å². The number of alkyl halides is 3. The predicted octanol–water partition coefficient (Wildman–Crippen LogP) is 3.57. The van der Waals surface area contributed by atoms with Crippen LogP contribution in [0.5, 0.6) is 5.75 Å². The zero-order valence-corrected chi connectivity index (χ0v) is 12.5. The van der Waals surface area contributed by atoms with Crippen LogP contribution in [0, 0.1) is 0 Å². The average molecular weight is 354 g/mol. The first kappa shape index (κ1) is 15.6. The molecular weight excluding hydrogens is 339 g/mol. The molecule has 3 nitrogen and oxygen atoms in total. The van der Waals surface area contributed by atoms with Gasteiger partial charge in [0.05, 0.1) is 12.7 Å². The summed E-state index contributed by atoms with van der Waals surface area (Å²) < 4.78 is 46.7. The molecule has 1 aliphatic rings. The Hall–Kier alpha value is -0.790. The largest absolute Gasteiger partial charge is 0.573 e. The fourth-order valence-electron chi connectivity index (χ4n) is 2.20. The molecule has 0 aromatic heterocycles. The third kappa shape index (κ3) is 4.96.